The highest BCUT2D eigenvalue weighted by molar-refractivity contribution is 9.10. The van der Waals surface area contributed by atoms with Crippen molar-refractivity contribution >= 4 is 44.8 Å². The first kappa shape index (κ1) is 21.8. The first-order valence-corrected chi connectivity index (χ1v) is 11.8. The Hall–Kier alpha value is -3.69. The summed E-state index contributed by atoms with van der Waals surface area (Å²) < 4.78 is 0.742. The molecule has 0 unspecified atom stereocenters. The molecule has 1 saturated heterocycles. The van der Waals surface area contributed by atoms with Crippen LogP contribution in [0.2, 0.25) is 0 Å². The molecule has 3 aromatic rings. The lowest BCUT2D eigenvalue weighted by Crippen LogP contribution is -2.60. The fourth-order valence-corrected chi connectivity index (χ4v) is 6.77. The van der Waals surface area contributed by atoms with Gasteiger partial charge in [-0.15, -0.1) is 0 Å². The Bertz CT molecular complexity index is 1470. The van der Waals surface area contributed by atoms with Crippen molar-refractivity contribution in [2.75, 3.05) is 18.9 Å². The molecule has 3 aliphatic rings. The van der Waals surface area contributed by atoms with E-state index < -0.39 is 39.3 Å². The van der Waals surface area contributed by atoms with Crippen molar-refractivity contribution in [1.82, 2.24) is 4.90 Å². The molecule has 6 rings (SSSR count). The highest BCUT2D eigenvalue weighted by Crippen LogP contribution is 2.66. The number of nitrogens with one attached hydrogen (secondary N) is 1. The summed E-state index contributed by atoms with van der Waals surface area (Å²) >= 11 is 3.43. The van der Waals surface area contributed by atoms with Crippen LogP contribution in [0.5, 0.6) is 0 Å². The number of nitro groups is 1. The van der Waals surface area contributed by atoms with Gasteiger partial charge in [0.2, 0.25) is 0 Å². The van der Waals surface area contributed by atoms with Crippen LogP contribution < -0.4 is 5.32 Å². The first-order valence-electron chi connectivity index (χ1n) is 11.0. The van der Waals surface area contributed by atoms with Crippen LogP contribution in [0.25, 0.3) is 0 Å². The molecule has 2 spiro atoms. The van der Waals surface area contributed by atoms with Crippen LogP contribution in [0.3, 0.4) is 0 Å². The third kappa shape index (κ3) is 2.46. The predicted molar refractivity (Wildman–Crippen MR) is 130 cm³/mol. The minimum Gasteiger partial charge on any atom is -0.324 e. The van der Waals surface area contributed by atoms with Gasteiger partial charge in [-0.3, -0.25) is 29.4 Å². The standard InChI is InChI=1S/C26H18BrN3O5/c1-29-13-20(14-5-4-6-16(11-14)30(34)35)25(22(31)17-7-2-3-8-18(17)23(25)32)26(29)19-10-9-15(27)12-21(19)28-24(26)33/h2-12,20H,13H2,1H3,(H,28,33)/t20-,26-/m1/s1. The molecule has 0 saturated carbocycles. The summed E-state index contributed by atoms with van der Waals surface area (Å²) in [5.74, 6) is -2.13. The maximum Gasteiger partial charge on any atom is 0.269 e. The van der Waals surface area contributed by atoms with Gasteiger partial charge in [0.1, 0.15) is 11.0 Å². The smallest absolute Gasteiger partial charge is 0.269 e. The summed E-state index contributed by atoms with van der Waals surface area (Å²) in [6.45, 7) is 0.176. The molecule has 2 aliphatic heterocycles. The fraction of sp³-hybridized carbons (Fsp3) is 0.192. The molecule has 2 atom stereocenters. The molecule has 8 nitrogen and oxygen atoms in total. The Morgan fingerprint density at radius 1 is 1.00 bits per heavy atom. The van der Waals surface area contributed by atoms with Crippen LogP contribution in [0.15, 0.2) is 71.2 Å². The second-order valence-electron chi connectivity index (χ2n) is 9.15. The summed E-state index contributed by atoms with van der Waals surface area (Å²) in [6, 6.07) is 17.9. The van der Waals surface area contributed by atoms with Crippen LogP contribution >= 0.6 is 15.9 Å². The second kappa shape index (κ2) is 7.16. The summed E-state index contributed by atoms with van der Waals surface area (Å²) in [7, 11) is 1.72. The van der Waals surface area contributed by atoms with E-state index in [-0.39, 0.29) is 23.4 Å². The minimum absolute atomic E-state index is 0.142. The fourth-order valence-electron chi connectivity index (χ4n) is 6.40. The number of Topliss-reactive ketones (excluding diaryl/α,β-unsaturated/α-hetero) is 2. The number of carbonyl (C=O) groups excluding carboxylic acids is 3. The predicted octanol–water partition coefficient (Wildman–Crippen LogP) is 4.30. The average Bonchev–Trinajstić information content (AvgIpc) is 3.38. The van der Waals surface area contributed by atoms with Crippen molar-refractivity contribution in [2.24, 2.45) is 5.41 Å². The van der Waals surface area contributed by atoms with Crippen LogP contribution in [0.4, 0.5) is 11.4 Å². The number of ketones is 2. The van der Waals surface area contributed by atoms with E-state index in [2.05, 4.69) is 21.2 Å². The number of fused-ring (bicyclic) bond motifs is 4. The topological polar surface area (TPSA) is 110 Å². The normalized spacial score (nSPS) is 24.2. The molecule has 1 N–H and O–H groups in total. The van der Waals surface area contributed by atoms with Gasteiger partial charge in [0.25, 0.3) is 11.6 Å². The van der Waals surface area contributed by atoms with Gasteiger partial charge < -0.3 is 5.32 Å². The Balaban J connectivity index is 1.71. The van der Waals surface area contributed by atoms with Crippen LogP contribution in [-0.4, -0.2) is 40.9 Å². The number of hydrogen-bond donors (Lipinski definition) is 1. The molecule has 2 heterocycles. The number of amides is 1. The molecule has 1 aliphatic carbocycles. The first-order chi connectivity index (χ1) is 16.7. The van der Waals surface area contributed by atoms with E-state index in [1.165, 1.54) is 12.1 Å². The number of anilines is 1. The van der Waals surface area contributed by atoms with Crippen molar-refractivity contribution < 1.29 is 19.3 Å². The van der Waals surface area contributed by atoms with Crippen molar-refractivity contribution in [3.05, 3.63) is 104 Å². The molecule has 0 radical (unpaired) electrons. The van der Waals surface area contributed by atoms with Crippen molar-refractivity contribution in [1.29, 1.82) is 0 Å². The number of nitrogens with zero attached hydrogens (tertiary/aromatic N) is 2. The third-order valence-corrected chi connectivity index (χ3v) is 8.18. The van der Waals surface area contributed by atoms with Gasteiger partial charge in [0.15, 0.2) is 11.6 Å². The molecule has 1 fully saturated rings. The van der Waals surface area contributed by atoms with E-state index in [1.54, 1.807) is 66.5 Å². The van der Waals surface area contributed by atoms with Gasteiger partial charge in [0.05, 0.1) is 4.92 Å². The highest BCUT2D eigenvalue weighted by atomic mass is 79.9. The number of likely N-dealkylation sites (tertiary alicyclic amines) is 1. The van der Waals surface area contributed by atoms with Crippen molar-refractivity contribution in [3.63, 3.8) is 0 Å². The van der Waals surface area contributed by atoms with Gasteiger partial charge >= 0.3 is 0 Å². The molecule has 174 valence electrons. The molecule has 0 bridgehead atoms. The lowest BCUT2D eigenvalue weighted by molar-refractivity contribution is -0.384. The third-order valence-electron chi connectivity index (χ3n) is 7.69. The highest BCUT2D eigenvalue weighted by Gasteiger charge is 2.78. The van der Waals surface area contributed by atoms with Gasteiger partial charge in [0, 0.05) is 51.4 Å². The SMILES string of the molecule is CN1C[C@H](c2cccc([N+](=O)[O-])c2)C2(C(=O)c3ccccc3C2=O)[C@@]12C(=O)Nc1cc(Br)ccc12. The summed E-state index contributed by atoms with van der Waals surface area (Å²) in [5, 5.41) is 14.4. The molecule has 35 heavy (non-hydrogen) atoms. The quantitative estimate of drug-likeness (QED) is 0.300. The van der Waals surface area contributed by atoms with Crippen LogP contribution in [-0.2, 0) is 10.3 Å². The van der Waals surface area contributed by atoms with E-state index in [0.717, 1.165) is 4.47 Å². The lowest BCUT2D eigenvalue weighted by Gasteiger charge is -2.42. The Morgan fingerprint density at radius 2 is 1.69 bits per heavy atom. The van der Waals surface area contributed by atoms with E-state index in [9.17, 15) is 24.5 Å². The zero-order valence-corrected chi connectivity index (χ0v) is 20.0. The number of carbonyl (C=O) groups is 3. The molecule has 9 heteroatoms. The van der Waals surface area contributed by atoms with E-state index in [1.807, 2.05) is 0 Å². The summed E-state index contributed by atoms with van der Waals surface area (Å²) in [5.41, 5.74) is -1.54. The maximum absolute atomic E-state index is 14.4. The number of likely N-dealkylation sites (N-methyl/N-ethyl adjacent to an activating group) is 1. The molecular weight excluding hydrogens is 514 g/mol. The minimum atomic E-state index is -1.83. The van der Waals surface area contributed by atoms with Gasteiger partial charge in [-0.25, -0.2) is 0 Å². The Kier molecular flexibility index (Phi) is 4.46. The second-order valence-corrected chi connectivity index (χ2v) is 10.1. The van der Waals surface area contributed by atoms with Crippen LogP contribution in [0, 0.1) is 15.5 Å². The largest absolute Gasteiger partial charge is 0.324 e. The summed E-state index contributed by atoms with van der Waals surface area (Å²) in [4.78, 5) is 55.5. The zero-order valence-electron chi connectivity index (χ0n) is 18.4. The Labute approximate surface area is 208 Å². The number of benzene rings is 3. The molecule has 1 amide bonds. The van der Waals surface area contributed by atoms with E-state index in [4.69, 9.17) is 0 Å². The number of rotatable bonds is 2. The number of hydrogen-bond acceptors (Lipinski definition) is 6. The number of halogens is 1. The molecule has 3 aromatic carbocycles. The van der Waals surface area contributed by atoms with Crippen LogP contribution in [0.1, 0.15) is 37.8 Å². The number of non-ortho nitro benzene ring substituents is 1. The molecular formula is C26H18BrN3O5. The maximum atomic E-state index is 14.4. The van der Waals surface area contributed by atoms with E-state index >= 15 is 0 Å². The monoisotopic (exact) mass is 531 g/mol. The average molecular weight is 532 g/mol. The number of nitro benzene ring substituents is 1. The van der Waals surface area contributed by atoms with Gasteiger partial charge in [-0.1, -0.05) is 58.4 Å². The van der Waals surface area contributed by atoms with E-state index in [0.29, 0.717) is 16.8 Å². The lowest BCUT2D eigenvalue weighted by atomic mass is 9.58. The van der Waals surface area contributed by atoms with Gasteiger partial charge in [-0.2, -0.15) is 0 Å². The Morgan fingerprint density at radius 3 is 2.34 bits per heavy atom. The zero-order chi connectivity index (χ0) is 24.7. The summed E-state index contributed by atoms with van der Waals surface area (Å²) in [6.07, 6.45) is 0. The van der Waals surface area contributed by atoms with Crippen molar-refractivity contribution in [2.45, 2.75) is 11.5 Å². The van der Waals surface area contributed by atoms with Crippen molar-refractivity contribution in [3.8, 4) is 0 Å². The molecule has 0 aromatic heterocycles. The van der Waals surface area contributed by atoms with Gasteiger partial charge in [-0.05, 0) is 24.7 Å².